The molecule has 0 atom stereocenters. The van der Waals surface area contributed by atoms with E-state index in [9.17, 15) is 4.79 Å². The molecule has 0 saturated carbocycles. The molecule has 0 aliphatic carbocycles. The van der Waals surface area contributed by atoms with E-state index < -0.39 is 0 Å². The first-order valence-electron chi connectivity index (χ1n) is 11.7. The van der Waals surface area contributed by atoms with Crippen molar-refractivity contribution in [2.75, 3.05) is 32.9 Å². The minimum absolute atomic E-state index is 0.0678. The van der Waals surface area contributed by atoms with Gasteiger partial charge in [-0.3, -0.25) is 24.6 Å². The quantitative estimate of drug-likeness (QED) is 0.424. The van der Waals surface area contributed by atoms with E-state index in [0.29, 0.717) is 32.1 Å². The standard InChI is InChI=1S/C27H27N5O3/c33-27(31-16-20-13-21-3-1-2-4-24(21)30-15-20)19-35-26-6-5-22(25-17-28-7-8-29-25)14-23(26)18-32-9-11-34-12-10-32/h1-8,13-15,17H,9-12,16,18-19H2,(H,31,33). The van der Waals surface area contributed by atoms with Crippen LogP contribution in [0.2, 0.25) is 0 Å². The third-order valence-corrected chi connectivity index (χ3v) is 5.91. The first kappa shape index (κ1) is 22.9. The van der Waals surface area contributed by atoms with Crippen molar-refractivity contribution < 1.29 is 14.3 Å². The zero-order valence-electron chi connectivity index (χ0n) is 19.4. The molecule has 0 unspecified atom stereocenters. The summed E-state index contributed by atoms with van der Waals surface area (Å²) in [5, 5.41) is 3.97. The topological polar surface area (TPSA) is 89.5 Å². The van der Waals surface area contributed by atoms with Crippen molar-refractivity contribution in [1.82, 2.24) is 25.2 Å². The lowest BCUT2D eigenvalue weighted by Gasteiger charge is -2.27. The van der Waals surface area contributed by atoms with E-state index in [-0.39, 0.29) is 12.5 Å². The number of ether oxygens (including phenoxy) is 2. The summed E-state index contributed by atoms with van der Waals surface area (Å²) in [6.45, 7) is 4.17. The van der Waals surface area contributed by atoms with Gasteiger partial charge in [0.1, 0.15) is 5.75 Å². The van der Waals surface area contributed by atoms with Gasteiger partial charge in [-0.1, -0.05) is 18.2 Å². The van der Waals surface area contributed by atoms with Crippen molar-refractivity contribution in [3.63, 3.8) is 0 Å². The number of carbonyl (C=O) groups is 1. The second-order valence-corrected chi connectivity index (χ2v) is 8.40. The Morgan fingerprint density at radius 2 is 1.91 bits per heavy atom. The Balaban J connectivity index is 1.24. The first-order chi connectivity index (χ1) is 17.2. The molecule has 0 radical (unpaired) electrons. The molecule has 178 valence electrons. The SMILES string of the molecule is O=C(COc1ccc(-c2cnccn2)cc1CN1CCOCC1)NCc1cnc2ccccc2c1. The maximum Gasteiger partial charge on any atom is 0.258 e. The molecule has 2 aromatic carbocycles. The number of benzene rings is 2. The molecule has 1 aliphatic heterocycles. The summed E-state index contributed by atoms with van der Waals surface area (Å²) in [5.41, 5.74) is 4.63. The van der Waals surface area contributed by atoms with E-state index >= 15 is 0 Å². The highest BCUT2D eigenvalue weighted by atomic mass is 16.5. The van der Waals surface area contributed by atoms with Gasteiger partial charge < -0.3 is 14.8 Å². The van der Waals surface area contributed by atoms with Crippen LogP contribution >= 0.6 is 0 Å². The van der Waals surface area contributed by atoms with Gasteiger partial charge in [0.25, 0.3) is 5.91 Å². The van der Waals surface area contributed by atoms with Crippen LogP contribution in [0.3, 0.4) is 0 Å². The number of rotatable bonds is 8. The molecular weight excluding hydrogens is 442 g/mol. The Kier molecular flexibility index (Phi) is 7.21. The number of fused-ring (bicyclic) bond motifs is 1. The molecule has 5 rings (SSSR count). The van der Waals surface area contributed by atoms with Crippen LogP contribution in [-0.2, 0) is 22.6 Å². The number of para-hydroxylation sites is 1. The Morgan fingerprint density at radius 1 is 1.03 bits per heavy atom. The average molecular weight is 470 g/mol. The van der Waals surface area contributed by atoms with E-state index in [1.165, 1.54) is 0 Å². The van der Waals surface area contributed by atoms with E-state index in [2.05, 4.69) is 31.2 Å². The molecule has 1 saturated heterocycles. The van der Waals surface area contributed by atoms with E-state index in [1.54, 1.807) is 24.8 Å². The number of hydrogen-bond donors (Lipinski definition) is 1. The van der Waals surface area contributed by atoms with E-state index in [1.807, 2.05) is 42.5 Å². The van der Waals surface area contributed by atoms with Crippen LogP contribution in [0.5, 0.6) is 5.75 Å². The molecule has 0 spiro atoms. The van der Waals surface area contributed by atoms with Gasteiger partial charge in [-0.2, -0.15) is 0 Å². The first-order valence-corrected chi connectivity index (χ1v) is 11.7. The number of amides is 1. The van der Waals surface area contributed by atoms with Gasteiger partial charge in [-0.25, -0.2) is 0 Å². The highest BCUT2D eigenvalue weighted by Gasteiger charge is 2.16. The number of pyridine rings is 1. The highest BCUT2D eigenvalue weighted by molar-refractivity contribution is 5.80. The maximum atomic E-state index is 12.5. The number of aromatic nitrogens is 3. The molecule has 8 nitrogen and oxygen atoms in total. The lowest BCUT2D eigenvalue weighted by molar-refractivity contribution is -0.123. The van der Waals surface area contributed by atoms with Gasteiger partial charge in [0.2, 0.25) is 0 Å². The summed E-state index contributed by atoms with van der Waals surface area (Å²) in [6.07, 6.45) is 6.86. The van der Waals surface area contributed by atoms with Crippen LogP contribution in [0.4, 0.5) is 0 Å². The number of nitrogens with zero attached hydrogens (tertiary/aromatic N) is 4. The Bertz CT molecular complexity index is 1290. The molecule has 0 bridgehead atoms. The lowest BCUT2D eigenvalue weighted by Crippen LogP contribution is -2.35. The van der Waals surface area contributed by atoms with Crippen molar-refractivity contribution in [1.29, 1.82) is 0 Å². The second kappa shape index (κ2) is 11.0. The maximum absolute atomic E-state index is 12.5. The van der Waals surface area contributed by atoms with Crippen molar-refractivity contribution >= 4 is 16.8 Å². The molecule has 3 heterocycles. The van der Waals surface area contributed by atoms with Gasteiger partial charge >= 0.3 is 0 Å². The Morgan fingerprint density at radius 3 is 2.77 bits per heavy atom. The summed E-state index contributed by atoms with van der Waals surface area (Å²) in [4.78, 5) is 27.9. The third-order valence-electron chi connectivity index (χ3n) is 5.91. The fourth-order valence-electron chi connectivity index (χ4n) is 4.06. The summed E-state index contributed by atoms with van der Waals surface area (Å²) < 4.78 is 11.4. The van der Waals surface area contributed by atoms with Crippen LogP contribution in [0, 0.1) is 0 Å². The molecule has 2 aromatic heterocycles. The van der Waals surface area contributed by atoms with Crippen LogP contribution in [0.1, 0.15) is 11.1 Å². The van der Waals surface area contributed by atoms with Crippen molar-refractivity contribution in [3.05, 3.63) is 84.4 Å². The number of nitrogens with one attached hydrogen (secondary N) is 1. The minimum Gasteiger partial charge on any atom is -0.483 e. The number of hydrogen-bond acceptors (Lipinski definition) is 7. The van der Waals surface area contributed by atoms with Gasteiger partial charge in [-0.05, 0) is 35.9 Å². The lowest BCUT2D eigenvalue weighted by atomic mass is 10.1. The third kappa shape index (κ3) is 5.98. The molecule has 1 fully saturated rings. The van der Waals surface area contributed by atoms with Crippen molar-refractivity contribution in [2.45, 2.75) is 13.1 Å². The summed E-state index contributed by atoms with van der Waals surface area (Å²) in [7, 11) is 0. The Hall–Kier alpha value is -3.88. The van der Waals surface area contributed by atoms with Gasteiger partial charge in [0.15, 0.2) is 6.61 Å². The monoisotopic (exact) mass is 469 g/mol. The molecule has 35 heavy (non-hydrogen) atoms. The normalized spacial score (nSPS) is 14.1. The van der Waals surface area contributed by atoms with Gasteiger partial charge in [0.05, 0.1) is 30.6 Å². The predicted octanol–water partition coefficient (Wildman–Crippen LogP) is 3.22. The average Bonchev–Trinajstić information content (AvgIpc) is 2.92. The molecular formula is C27H27N5O3. The highest BCUT2D eigenvalue weighted by Crippen LogP contribution is 2.27. The fourth-order valence-corrected chi connectivity index (χ4v) is 4.06. The molecule has 1 amide bonds. The number of carbonyl (C=O) groups excluding carboxylic acids is 1. The van der Waals surface area contributed by atoms with Gasteiger partial charge in [-0.15, -0.1) is 0 Å². The molecule has 1 aliphatic rings. The molecule has 1 N–H and O–H groups in total. The van der Waals surface area contributed by atoms with E-state index in [0.717, 1.165) is 46.4 Å². The Labute approximate surface area is 203 Å². The van der Waals surface area contributed by atoms with Crippen LogP contribution < -0.4 is 10.1 Å². The van der Waals surface area contributed by atoms with Crippen molar-refractivity contribution in [3.8, 4) is 17.0 Å². The molecule has 8 heteroatoms. The van der Waals surface area contributed by atoms with Crippen LogP contribution in [0.15, 0.2) is 73.3 Å². The predicted molar refractivity (Wildman–Crippen MR) is 133 cm³/mol. The fraction of sp³-hybridized carbons (Fsp3) is 0.259. The zero-order chi connectivity index (χ0) is 23.9. The smallest absolute Gasteiger partial charge is 0.258 e. The zero-order valence-corrected chi connectivity index (χ0v) is 19.4. The van der Waals surface area contributed by atoms with Gasteiger partial charge in [0, 0.05) is 61.3 Å². The second-order valence-electron chi connectivity index (χ2n) is 8.40. The molecule has 4 aromatic rings. The summed E-state index contributed by atoms with van der Waals surface area (Å²) in [5.74, 6) is 0.500. The summed E-state index contributed by atoms with van der Waals surface area (Å²) >= 11 is 0. The minimum atomic E-state index is -0.187. The van der Waals surface area contributed by atoms with Crippen molar-refractivity contribution in [2.24, 2.45) is 0 Å². The van der Waals surface area contributed by atoms with E-state index in [4.69, 9.17) is 9.47 Å². The summed E-state index contributed by atoms with van der Waals surface area (Å²) in [6, 6.07) is 15.9. The van der Waals surface area contributed by atoms with Crippen LogP contribution in [0.25, 0.3) is 22.2 Å². The number of morpholine rings is 1. The largest absolute Gasteiger partial charge is 0.483 e. The van der Waals surface area contributed by atoms with Crippen LogP contribution in [-0.4, -0.2) is 58.7 Å².